The Morgan fingerprint density at radius 2 is 2.57 bits per heavy atom. The number of nitrogens with two attached hydrogens (primary N) is 1. The molecule has 0 radical (unpaired) electrons. The van der Waals surface area contributed by atoms with Crippen molar-refractivity contribution in [2.75, 3.05) is 0 Å². The van der Waals surface area contributed by atoms with E-state index in [0.717, 1.165) is 12.2 Å². The average Bonchev–Trinajstić information content (AvgIpc) is 2.62. The molecule has 0 saturated heterocycles. The van der Waals surface area contributed by atoms with Crippen LogP contribution in [0.25, 0.3) is 0 Å². The molecule has 1 aromatic heterocycles. The molecule has 2 heterocycles. The second-order valence-corrected chi connectivity index (χ2v) is 3.52. The van der Waals surface area contributed by atoms with E-state index in [1.54, 1.807) is 4.68 Å². The summed E-state index contributed by atoms with van der Waals surface area (Å²) in [5, 5.41) is 12.8. The van der Waals surface area contributed by atoms with Gasteiger partial charge in [0.05, 0.1) is 0 Å². The topological polar surface area (TPSA) is 94.0 Å². The van der Waals surface area contributed by atoms with Crippen LogP contribution in [-0.4, -0.2) is 31.9 Å². The van der Waals surface area contributed by atoms with Crippen LogP contribution in [0.1, 0.15) is 12.2 Å². The van der Waals surface area contributed by atoms with E-state index >= 15 is 0 Å². The summed E-state index contributed by atoms with van der Waals surface area (Å²) in [6.45, 7) is 0.709. The molecule has 1 aromatic rings. The predicted octanol–water partition coefficient (Wildman–Crippen LogP) is -0.748. The van der Waals surface area contributed by atoms with Gasteiger partial charge in [-0.2, -0.15) is 5.10 Å². The van der Waals surface area contributed by atoms with E-state index in [0.29, 0.717) is 13.0 Å². The first-order valence-corrected chi connectivity index (χ1v) is 4.53. The number of hydrogen-bond acceptors (Lipinski definition) is 4. The normalized spacial score (nSPS) is 22.8. The highest BCUT2D eigenvalue weighted by Crippen LogP contribution is 2.20. The maximum atomic E-state index is 10.7. The largest absolute Gasteiger partial charge is 0.480 e. The monoisotopic (exact) mass is 196 g/mol. The van der Waals surface area contributed by atoms with Gasteiger partial charge in [0.15, 0.2) is 0 Å². The number of hydrogen-bond donors (Lipinski definition) is 2. The van der Waals surface area contributed by atoms with E-state index in [1.807, 2.05) is 0 Å². The number of aliphatic carboxylic acids is 1. The van der Waals surface area contributed by atoms with Gasteiger partial charge in [0.25, 0.3) is 0 Å². The number of aryl methyl sites for hydroxylation is 1. The third kappa shape index (κ3) is 1.48. The Hall–Kier alpha value is -1.43. The number of rotatable bonds is 2. The van der Waals surface area contributed by atoms with Gasteiger partial charge >= 0.3 is 5.97 Å². The SMILES string of the molecule is NC(C(=O)O)C1CCn2ncnc2C1. The third-order valence-electron chi connectivity index (χ3n) is 2.65. The van der Waals surface area contributed by atoms with Crippen LogP contribution in [0.4, 0.5) is 0 Å². The standard InChI is InChI=1S/C8H12N4O2/c9-7(8(13)14)5-1-2-12-6(3-5)10-4-11-12/h4-5,7H,1-3,9H2,(H,13,14). The molecule has 6 heteroatoms. The molecule has 0 aliphatic carbocycles. The van der Waals surface area contributed by atoms with Crippen LogP contribution in [0, 0.1) is 5.92 Å². The maximum absolute atomic E-state index is 10.7. The lowest BCUT2D eigenvalue weighted by Gasteiger charge is -2.24. The van der Waals surface area contributed by atoms with Crippen LogP contribution < -0.4 is 5.73 Å². The minimum Gasteiger partial charge on any atom is -0.480 e. The fourth-order valence-electron chi connectivity index (χ4n) is 1.77. The zero-order valence-electron chi connectivity index (χ0n) is 7.63. The first kappa shape index (κ1) is 9.14. The molecule has 3 N–H and O–H groups in total. The second-order valence-electron chi connectivity index (χ2n) is 3.52. The molecule has 0 fully saturated rings. The molecule has 0 aromatic carbocycles. The number of carboxylic acid groups (broad SMARTS) is 1. The van der Waals surface area contributed by atoms with Gasteiger partial charge in [-0.05, 0) is 12.3 Å². The molecule has 14 heavy (non-hydrogen) atoms. The Bertz CT molecular complexity index is 349. The van der Waals surface area contributed by atoms with Crippen LogP contribution >= 0.6 is 0 Å². The summed E-state index contributed by atoms with van der Waals surface area (Å²) in [6, 6.07) is -0.791. The van der Waals surface area contributed by atoms with Gasteiger partial charge in [-0.15, -0.1) is 0 Å². The van der Waals surface area contributed by atoms with Crippen molar-refractivity contribution in [1.29, 1.82) is 0 Å². The van der Waals surface area contributed by atoms with Crippen molar-refractivity contribution in [3.8, 4) is 0 Å². The van der Waals surface area contributed by atoms with E-state index in [1.165, 1.54) is 6.33 Å². The van der Waals surface area contributed by atoms with Crippen LogP contribution in [0.5, 0.6) is 0 Å². The fourth-order valence-corrected chi connectivity index (χ4v) is 1.77. The van der Waals surface area contributed by atoms with Crippen molar-refractivity contribution >= 4 is 5.97 Å². The summed E-state index contributed by atoms with van der Waals surface area (Å²) in [6.07, 6.45) is 2.85. The van der Waals surface area contributed by atoms with Crippen LogP contribution in [0.2, 0.25) is 0 Å². The molecule has 2 rings (SSSR count). The van der Waals surface area contributed by atoms with Gasteiger partial charge in [0, 0.05) is 13.0 Å². The Morgan fingerprint density at radius 1 is 1.79 bits per heavy atom. The van der Waals surface area contributed by atoms with Gasteiger partial charge in [-0.25, -0.2) is 4.98 Å². The van der Waals surface area contributed by atoms with Gasteiger partial charge < -0.3 is 10.8 Å². The summed E-state index contributed by atoms with van der Waals surface area (Å²) in [5.74, 6) is -0.134. The van der Waals surface area contributed by atoms with Crippen molar-refractivity contribution in [1.82, 2.24) is 14.8 Å². The molecule has 0 amide bonds. The van der Waals surface area contributed by atoms with E-state index in [-0.39, 0.29) is 5.92 Å². The number of nitrogens with zero attached hydrogens (tertiary/aromatic N) is 3. The minimum atomic E-state index is -0.942. The number of fused-ring (bicyclic) bond motifs is 1. The molecular weight excluding hydrogens is 184 g/mol. The molecule has 76 valence electrons. The molecule has 2 unspecified atom stereocenters. The van der Waals surface area contributed by atoms with E-state index in [9.17, 15) is 4.79 Å². The lowest BCUT2D eigenvalue weighted by molar-refractivity contribution is -0.140. The highest BCUT2D eigenvalue weighted by Gasteiger charge is 2.29. The van der Waals surface area contributed by atoms with Crippen molar-refractivity contribution < 1.29 is 9.90 Å². The van der Waals surface area contributed by atoms with Crippen LogP contribution in [0.3, 0.4) is 0 Å². The summed E-state index contributed by atoms with van der Waals surface area (Å²) in [7, 11) is 0. The summed E-state index contributed by atoms with van der Waals surface area (Å²) in [5.41, 5.74) is 5.56. The van der Waals surface area contributed by atoms with Gasteiger partial charge in [-0.1, -0.05) is 0 Å². The molecule has 0 bridgehead atoms. The summed E-state index contributed by atoms with van der Waals surface area (Å²) >= 11 is 0. The second kappa shape index (κ2) is 3.38. The Kier molecular flexibility index (Phi) is 2.20. The van der Waals surface area contributed by atoms with Crippen molar-refractivity contribution in [2.45, 2.75) is 25.4 Å². The average molecular weight is 196 g/mol. The predicted molar refractivity (Wildman–Crippen MR) is 47.4 cm³/mol. The fraction of sp³-hybridized carbons (Fsp3) is 0.625. The zero-order valence-corrected chi connectivity index (χ0v) is 7.63. The quantitative estimate of drug-likeness (QED) is 0.649. The first-order valence-electron chi connectivity index (χ1n) is 4.53. The van der Waals surface area contributed by atoms with Gasteiger partial charge in [-0.3, -0.25) is 9.48 Å². The van der Waals surface area contributed by atoms with Crippen molar-refractivity contribution in [3.63, 3.8) is 0 Å². The summed E-state index contributed by atoms with van der Waals surface area (Å²) in [4.78, 5) is 14.7. The highest BCUT2D eigenvalue weighted by molar-refractivity contribution is 5.73. The molecule has 6 nitrogen and oxygen atoms in total. The Labute approximate surface area is 80.7 Å². The Balaban J connectivity index is 2.11. The number of carboxylic acids is 1. The van der Waals surface area contributed by atoms with Crippen LogP contribution in [-0.2, 0) is 17.8 Å². The molecule has 0 saturated carbocycles. The van der Waals surface area contributed by atoms with Crippen molar-refractivity contribution in [2.24, 2.45) is 11.7 Å². The number of carbonyl (C=O) groups is 1. The van der Waals surface area contributed by atoms with E-state index < -0.39 is 12.0 Å². The maximum Gasteiger partial charge on any atom is 0.320 e. The van der Waals surface area contributed by atoms with Gasteiger partial charge in [0.2, 0.25) is 0 Å². The smallest absolute Gasteiger partial charge is 0.320 e. The van der Waals surface area contributed by atoms with E-state index in [2.05, 4.69) is 10.1 Å². The number of aromatic nitrogens is 3. The molecule has 1 aliphatic heterocycles. The Morgan fingerprint density at radius 3 is 3.29 bits per heavy atom. The van der Waals surface area contributed by atoms with Crippen LogP contribution in [0.15, 0.2) is 6.33 Å². The lowest BCUT2D eigenvalue weighted by atomic mass is 9.91. The molecule has 0 spiro atoms. The van der Waals surface area contributed by atoms with Gasteiger partial charge in [0.1, 0.15) is 18.2 Å². The van der Waals surface area contributed by atoms with Crippen molar-refractivity contribution in [3.05, 3.63) is 12.2 Å². The summed E-state index contributed by atoms with van der Waals surface area (Å²) < 4.78 is 1.80. The van der Waals surface area contributed by atoms with E-state index in [4.69, 9.17) is 10.8 Å². The third-order valence-corrected chi connectivity index (χ3v) is 2.65. The lowest BCUT2D eigenvalue weighted by Crippen LogP contribution is -2.41. The zero-order chi connectivity index (χ0) is 10.1. The highest BCUT2D eigenvalue weighted by atomic mass is 16.4. The molecule has 1 aliphatic rings. The molecule has 2 atom stereocenters. The minimum absolute atomic E-state index is 0.0239. The first-order chi connectivity index (χ1) is 6.68. The molecular formula is C8H12N4O2.